The summed E-state index contributed by atoms with van der Waals surface area (Å²) in [6.45, 7) is 0. The number of benzene rings is 4. The Hall–Kier alpha value is -5.20. The van der Waals surface area contributed by atoms with Crippen LogP contribution in [0.1, 0.15) is 31.8 Å². The van der Waals surface area contributed by atoms with E-state index in [-0.39, 0.29) is 23.3 Å². The van der Waals surface area contributed by atoms with Gasteiger partial charge in [-0.25, -0.2) is 20.4 Å². The number of hydrogen-bond acceptors (Lipinski definition) is 8. The predicted octanol–water partition coefficient (Wildman–Crippen LogP) is 5.81. The Morgan fingerprint density at radius 2 is 0.955 bits per heavy atom. The molecule has 2 N–H and O–H groups in total. The number of esters is 2. The van der Waals surface area contributed by atoms with Gasteiger partial charge in [-0.3, -0.25) is 9.59 Å². The van der Waals surface area contributed by atoms with E-state index in [1.54, 1.807) is 84.9 Å². The maximum Gasteiger partial charge on any atom is 0.336 e. The normalized spacial score (nSPS) is 11.0. The molecule has 10 nitrogen and oxygen atoms in total. The third kappa shape index (κ3) is 10.3. The van der Waals surface area contributed by atoms with Crippen LogP contribution in [0.4, 0.5) is 0 Å². The smallest absolute Gasteiger partial charge is 0.336 e. The highest BCUT2D eigenvalue weighted by Crippen LogP contribution is 2.15. The summed E-state index contributed by atoms with van der Waals surface area (Å²) < 4.78 is 11.9. The second kappa shape index (κ2) is 15.9. The highest BCUT2D eigenvalue weighted by molar-refractivity contribution is 9.10. The highest BCUT2D eigenvalue weighted by Gasteiger charge is 2.07. The van der Waals surface area contributed by atoms with E-state index < -0.39 is 11.9 Å². The van der Waals surface area contributed by atoms with Gasteiger partial charge in [0.2, 0.25) is 0 Å². The van der Waals surface area contributed by atoms with Gasteiger partial charge in [-0.05, 0) is 96.1 Å². The molecule has 0 saturated heterocycles. The molecule has 0 bridgehead atoms. The SMILES string of the molecule is O=C(C=CC(=O)Oc1ccc(C=NNC(=O)c2cccc(Br)c2)cc1)Oc1ccc(C=NNC(=O)c2cccc(Br)c2)cc1. The van der Waals surface area contributed by atoms with E-state index >= 15 is 0 Å². The van der Waals surface area contributed by atoms with Crippen LogP contribution in [0.15, 0.2) is 128 Å². The van der Waals surface area contributed by atoms with Crippen LogP contribution < -0.4 is 20.3 Å². The van der Waals surface area contributed by atoms with Crippen molar-refractivity contribution in [3.63, 3.8) is 0 Å². The molecule has 2 amide bonds. The number of ether oxygens (including phenoxy) is 2. The van der Waals surface area contributed by atoms with Gasteiger partial charge < -0.3 is 9.47 Å². The second-order valence-electron chi connectivity index (χ2n) is 8.73. The van der Waals surface area contributed by atoms with Crippen LogP contribution in [-0.4, -0.2) is 36.2 Å². The van der Waals surface area contributed by atoms with E-state index in [1.807, 2.05) is 12.1 Å². The summed E-state index contributed by atoms with van der Waals surface area (Å²) in [5.41, 5.74) is 7.09. The fraction of sp³-hybridized carbons (Fsp3) is 0. The van der Waals surface area contributed by atoms with Crippen molar-refractivity contribution < 1.29 is 28.7 Å². The van der Waals surface area contributed by atoms with E-state index in [0.717, 1.165) is 21.1 Å². The molecule has 0 aromatic heterocycles. The van der Waals surface area contributed by atoms with Crippen LogP contribution >= 0.6 is 31.9 Å². The number of amides is 2. The van der Waals surface area contributed by atoms with Crippen molar-refractivity contribution in [3.8, 4) is 11.5 Å². The lowest BCUT2D eigenvalue weighted by molar-refractivity contribution is -0.131. The Balaban J connectivity index is 1.19. The summed E-state index contributed by atoms with van der Waals surface area (Å²) in [6, 6.07) is 26.5. The van der Waals surface area contributed by atoms with E-state index in [0.29, 0.717) is 22.3 Å². The average Bonchev–Trinajstić information content (AvgIpc) is 3.01. The van der Waals surface area contributed by atoms with Crippen LogP contribution in [-0.2, 0) is 9.59 Å². The molecule has 220 valence electrons. The first-order chi connectivity index (χ1) is 21.2. The van der Waals surface area contributed by atoms with Gasteiger partial charge >= 0.3 is 11.9 Å². The van der Waals surface area contributed by atoms with Crippen molar-refractivity contribution in [1.29, 1.82) is 0 Å². The van der Waals surface area contributed by atoms with Crippen molar-refractivity contribution >= 4 is 68.0 Å². The van der Waals surface area contributed by atoms with E-state index in [1.165, 1.54) is 12.4 Å². The zero-order chi connectivity index (χ0) is 31.3. The monoisotopic (exact) mass is 716 g/mol. The lowest BCUT2D eigenvalue weighted by atomic mass is 10.2. The van der Waals surface area contributed by atoms with E-state index in [4.69, 9.17) is 9.47 Å². The molecule has 0 spiro atoms. The number of rotatable bonds is 10. The summed E-state index contributed by atoms with van der Waals surface area (Å²) >= 11 is 6.62. The molecule has 0 aliphatic carbocycles. The fourth-order valence-electron chi connectivity index (χ4n) is 3.40. The predicted molar refractivity (Wildman–Crippen MR) is 172 cm³/mol. The molecule has 0 fully saturated rings. The molecule has 0 heterocycles. The molecular formula is C32H22Br2N4O6. The van der Waals surface area contributed by atoms with Crippen LogP contribution in [0.25, 0.3) is 0 Å². The third-order valence-corrected chi connectivity index (χ3v) is 6.47. The second-order valence-corrected chi connectivity index (χ2v) is 10.6. The summed E-state index contributed by atoms with van der Waals surface area (Å²) in [4.78, 5) is 48.5. The number of hydrogen-bond donors (Lipinski definition) is 2. The molecule has 44 heavy (non-hydrogen) atoms. The fourth-order valence-corrected chi connectivity index (χ4v) is 4.20. The van der Waals surface area contributed by atoms with Gasteiger partial charge in [0, 0.05) is 32.2 Å². The summed E-state index contributed by atoms with van der Waals surface area (Å²) in [5.74, 6) is -1.79. The largest absolute Gasteiger partial charge is 0.423 e. The number of hydrazone groups is 2. The Morgan fingerprint density at radius 1 is 0.568 bits per heavy atom. The third-order valence-electron chi connectivity index (χ3n) is 5.49. The summed E-state index contributed by atoms with van der Waals surface area (Å²) in [7, 11) is 0. The van der Waals surface area contributed by atoms with Gasteiger partial charge in [-0.2, -0.15) is 10.2 Å². The molecule has 4 aromatic rings. The molecule has 0 aliphatic heterocycles. The van der Waals surface area contributed by atoms with Gasteiger partial charge in [0.1, 0.15) is 11.5 Å². The Kier molecular flexibility index (Phi) is 11.4. The van der Waals surface area contributed by atoms with Gasteiger partial charge in [-0.15, -0.1) is 0 Å². The number of nitrogens with one attached hydrogen (secondary N) is 2. The van der Waals surface area contributed by atoms with Crippen LogP contribution in [0.3, 0.4) is 0 Å². The average molecular weight is 718 g/mol. The van der Waals surface area contributed by atoms with Gasteiger partial charge in [-0.1, -0.05) is 44.0 Å². The lowest BCUT2D eigenvalue weighted by Crippen LogP contribution is -2.17. The van der Waals surface area contributed by atoms with Crippen LogP contribution in [0.5, 0.6) is 11.5 Å². The molecule has 0 aliphatic rings. The Bertz CT molecular complexity index is 1620. The lowest BCUT2D eigenvalue weighted by Gasteiger charge is -2.03. The number of carbonyl (C=O) groups excluding carboxylic acids is 4. The first-order valence-corrected chi connectivity index (χ1v) is 14.3. The maximum atomic E-state index is 12.1. The molecule has 0 atom stereocenters. The standard InChI is InChI=1S/C32H22Br2N4O6/c33-25-5-1-3-23(17-25)31(41)37-35-19-21-7-11-27(12-8-21)43-29(39)15-16-30(40)44-28-13-9-22(10-14-28)20-36-38-32(42)24-4-2-6-26(34)18-24/h1-20H,(H,37,41)(H,38,42). The van der Waals surface area contributed by atoms with E-state index in [2.05, 4.69) is 52.9 Å². The first kappa shape index (κ1) is 31.7. The molecule has 0 saturated carbocycles. The Morgan fingerprint density at radius 3 is 1.32 bits per heavy atom. The van der Waals surface area contributed by atoms with Crippen LogP contribution in [0, 0.1) is 0 Å². The van der Waals surface area contributed by atoms with Crippen molar-refractivity contribution in [2.45, 2.75) is 0 Å². The van der Waals surface area contributed by atoms with E-state index in [9.17, 15) is 19.2 Å². The molecule has 4 rings (SSSR count). The van der Waals surface area contributed by atoms with Gasteiger partial charge in [0.25, 0.3) is 11.8 Å². The van der Waals surface area contributed by atoms with Crippen molar-refractivity contribution in [3.05, 3.63) is 140 Å². The Labute approximate surface area is 268 Å². The number of nitrogens with zero attached hydrogens (tertiary/aromatic N) is 2. The molecule has 0 radical (unpaired) electrons. The van der Waals surface area contributed by atoms with Gasteiger partial charge in [0.05, 0.1) is 12.4 Å². The first-order valence-electron chi connectivity index (χ1n) is 12.7. The molecule has 12 heteroatoms. The summed E-state index contributed by atoms with van der Waals surface area (Å²) in [6.07, 6.45) is 4.79. The minimum atomic E-state index is -0.777. The summed E-state index contributed by atoms with van der Waals surface area (Å²) in [5, 5.41) is 7.85. The topological polar surface area (TPSA) is 136 Å². The van der Waals surface area contributed by atoms with Crippen molar-refractivity contribution in [2.75, 3.05) is 0 Å². The quantitative estimate of drug-likeness (QED) is 0.0700. The van der Waals surface area contributed by atoms with Crippen LogP contribution in [0.2, 0.25) is 0 Å². The number of halogens is 2. The zero-order valence-electron chi connectivity index (χ0n) is 22.6. The number of carbonyl (C=O) groups is 4. The highest BCUT2D eigenvalue weighted by atomic mass is 79.9. The molecular weight excluding hydrogens is 696 g/mol. The van der Waals surface area contributed by atoms with Gasteiger partial charge in [0.15, 0.2) is 0 Å². The molecule has 4 aromatic carbocycles. The molecule has 0 unspecified atom stereocenters. The zero-order valence-corrected chi connectivity index (χ0v) is 25.8. The minimum absolute atomic E-state index is 0.244. The van der Waals surface area contributed by atoms with Crippen molar-refractivity contribution in [2.24, 2.45) is 10.2 Å². The maximum absolute atomic E-state index is 12.1. The minimum Gasteiger partial charge on any atom is -0.423 e. The van der Waals surface area contributed by atoms with Crippen molar-refractivity contribution in [1.82, 2.24) is 10.9 Å².